The fourth-order valence-corrected chi connectivity index (χ4v) is 4.42. The van der Waals surface area contributed by atoms with Gasteiger partial charge in [0.15, 0.2) is 5.75 Å². The van der Waals surface area contributed by atoms with Crippen LogP contribution in [0.25, 0.3) is 6.08 Å². The van der Waals surface area contributed by atoms with Gasteiger partial charge in [-0.2, -0.15) is 0 Å². The molecule has 1 aliphatic rings. The minimum Gasteiger partial charge on any atom is -0.486 e. The largest absolute Gasteiger partial charge is 0.486 e. The second-order valence-electron chi connectivity index (χ2n) is 7.00. The summed E-state index contributed by atoms with van der Waals surface area (Å²) < 4.78 is 10.7. The van der Waals surface area contributed by atoms with Gasteiger partial charge in [0, 0.05) is 10.6 Å². The first-order chi connectivity index (χ1) is 15.2. The minimum absolute atomic E-state index is 0.143. The van der Waals surface area contributed by atoms with Crippen LogP contribution in [0, 0.1) is 0 Å². The predicted molar refractivity (Wildman–Crippen MR) is 126 cm³/mol. The van der Waals surface area contributed by atoms with Crippen molar-refractivity contribution >= 4 is 69.8 Å². The monoisotopic (exact) mass is 513 g/mol. The number of imide groups is 1. The van der Waals surface area contributed by atoms with E-state index in [1.807, 2.05) is 18.2 Å². The molecule has 0 N–H and O–H groups in total. The Morgan fingerprint density at radius 3 is 2.38 bits per heavy atom. The van der Waals surface area contributed by atoms with Gasteiger partial charge in [0.05, 0.1) is 21.1 Å². The molecule has 2 aromatic rings. The van der Waals surface area contributed by atoms with Crippen LogP contribution in [0.1, 0.15) is 25.0 Å². The molecule has 0 saturated carbocycles. The molecule has 1 heterocycles. The third-order valence-corrected chi connectivity index (χ3v) is 6.01. The molecular formula is C22H18Cl3NO5S. The number of nitrogens with zero attached hydrogens (tertiary/aromatic N) is 1. The maximum atomic E-state index is 12.6. The summed E-state index contributed by atoms with van der Waals surface area (Å²) >= 11 is 19.5. The molecule has 0 aliphatic carbocycles. The van der Waals surface area contributed by atoms with Gasteiger partial charge >= 0.3 is 5.97 Å². The lowest BCUT2D eigenvalue weighted by atomic mass is 10.2. The van der Waals surface area contributed by atoms with Crippen LogP contribution >= 0.6 is 46.6 Å². The molecule has 1 aliphatic heterocycles. The number of halogens is 3. The third kappa shape index (κ3) is 5.98. The number of ether oxygens (including phenoxy) is 2. The first-order valence-electron chi connectivity index (χ1n) is 9.45. The Kier molecular flexibility index (Phi) is 8.11. The van der Waals surface area contributed by atoms with Crippen molar-refractivity contribution < 1.29 is 23.9 Å². The van der Waals surface area contributed by atoms with Gasteiger partial charge in [-0.3, -0.25) is 19.3 Å². The summed E-state index contributed by atoms with van der Waals surface area (Å²) in [6, 6.07) is 10.4. The highest BCUT2D eigenvalue weighted by Crippen LogP contribution is 2.38. The SMILES string of the molecule is CC(C)OC(=O)CN1C(=O)S/C(=C/c2cc(Cl)c(OCc3ccccc3Cl)c(Cl)c2)C1=O. The molecule has 0 radical (unpaired) electrons. The Balaban J connectivity index is 1.74. The van der Waals surface area contributed by atoms with Crippen molar-refractivity contribution in [2.75, 3.05) is 6.54 Å². The number of thioether (sulfide) groups is 1. The van der Waals surface area contributed by atoms with Gasteiger partial charge in [-0.25, -0.2) is 0 Å². The first kappa shape index (κ1) is 24.5. The minimum atomic E-state index is -0.658. The van der Waals surface area contributed by atoms with E-state index in [0.29, 0.717) is 10.6 Å². The Hall–Kier alpha value is -2.19. The maximum Gasteiger partial charge on any atom is 0.326 e. The van der Waals surface area contributed by atoms with Gasteiger partial charge in [-0.05, 0) is 55.4 Å². The Morgan fingerprint density at radius 1 is 1.09 bits per heavy atom. The highest BCUT2D eigenvalue weighted by atomic mass is 35.5. The molecule has 0 aromatic heterocycles. The highest BCUT2D eigenvalue weighted by Gasteiger charge is 2.36. The fraction of sp³-hybridized carbons (Fsp3) is 0.227. The van der Waals surface area contributed by atoms with E-state index in [9.17, 15) is 14.4 Å². The van der Waals surface area contributed by atoms with Crippen LogP contribution in [0.4, 0.5) is 4.79 Å². The van der Waals surface area contributed by atoms with Crippen LogP contribution in [0.5, 0.6) is 5.75 Å². The summed E-state index contributed by atoms with van der Waals surface area (Å²) in [5.74, 6) is -0.975. The molecule has 32 heavy (non-hydrogen) atoms. The molecule has 1 fully saturated rings. The van der Waals surface area contributed by atoms with Gasteiger partial charge < -0.3 is 9.47 Å². The smallest absolute Gasteiger partial charge is 0.326 e. The lowest BCUT2D eigenvalue weighted by Gasteiger charge is -2.13. The zero-order valence-electron chi connectivity index (χ0n) is 17.1. The van der Waals surface area contributed by atoms with Crippen molar-refractivity contribution in [1.82, 2.24) is 4.90 Å². The van der Waals surface area contributed by atoms with Crippen molar-refractivity contribution in [2.45, 2.75) is 26.6 Å². The molecule has 0 spiro atoms. The number of esters is 1. The summed E-state index contributed by atoms with van der Waals surface area (Å²) in [4.78, 5) is 37.6. The summed E-state index contributed by atoms with van der Waals surface area (Å²) in [5.41, 5.74) is 1.27. The van der Waals surface area contributed by atoms with E-state index >= 15 is 0 Å². The normalized spacial score (nSPS) is 15.1. The summed E-state index contributed by atoms with van der Waals surface area (Å²) in [6.07, 6.45) is 1.13. The molecule has 2 amide bonds. The number of carbonyl (C=O) groups is 3. The number of rotatable bonds is 7. The van der Waals surface area contributed by atoms with E-state index in [0.717, 1.165) is 22.2 Å². The molecule has 2 aromatic carbocycles. The second-order valence-corrected chi connectivity index (χ2v) is 9.22. The average molecular weight is 515 g/mol. The van der Waals surface area contributed by atoms with E-state index in [4.69, 9.17) is 44.3 Å². The summed E-state index contributed by atoms with van der Waals surface area (Å²) in [7, 11) is 0. The predicted octanol–water partition coefficient (Wildman–Crippen LogP) is 6.21. The summed E-state index contributed by atoms with van der Waals surface area (Å²) in [6.45, 7) is 3.09. The third-order valence-electron chi connectivity index (χ3n) is 4.18. The Morgan fingerprint density at radius 2 is 1.75 bits per heavy atom. The lowest BCUT2D eigenvalue weighted by molar-refractivity contribution is -0.149. The van der Waals surface area contributed by atoms with Crippen LogP contribution in [-0.2, 0) is 20.9 Å². The number of benzene rings is 2. The highest BCUT2D eigenvalue weighted by molar-refractivity contribution is 8.18. The number of carbonyl (C=O) groups excluding carboxylic acids is 3. The molecule has 0 bridgehead atoms. The first-order valence-corrected chi connectivity index (χ1v) is 11.4. The lowest BCUT2D eigenvalue weighted by Crippen LogP contribution is -2.35. The second kappa shape index (κ2) is 10.6. The molecule has 1 saturated heterocycles. The quantitative estimate of drug-likeness (QED) is 0.323. The fourth-order valence-electron chi connectivity index (χ4n) is 2.78. The van der Waals surface area contributed by atoms with Gasteiger partial charge in [0.2, 0.25) is 0 Å². The summed E-state index contributed by atoms with van der Waals surface area (Å²) in [5, 5.41) is 0.467. The van der Waals surface area contributed by atoms with E-state index in [1.54, 1.807) is 32.0 Å². The van der Waals surface area contributed by atoms with Crippen molar-refractivity contribution in [3.63, 3.8) is 0 Å². The number of hydrogen-bond donors (Lipinski definition) is 0. The van der Waals surface area contributed by atoms with Gasteiger partial charge in [0.25, 0.3) is 11.1 Å². The van der Waals surface area contributed by atoms with Crippen molar-refractivity contribution in [2.24, 2.45) is 0 Å². The van der Waals surface area contributed by atoms with Crippen molar-refractivity contribution in [3.05, 3.63) is 67.5 Å². The number of hydrogen-bond acceptors (Lipinski definition) is 6. The number of amides is 2. The molecule has 0 unspecified atom stereocenters. The van der Waals surface area contributed by atoms with Crippen LogP contribution < -0.4 is 4.74 Å². The zero-order valence-corrected chi connectivity index (χ0v) is 20.1. The molecule has 168 valence electrons. The van der Waals surface area contributed by atoms with E-state index < -0.39 is 23.7 Å². The van der Waals surface area contributed by atoms with Crippen molar-refractivity contribution in [1.29, 1.82) is 0 Å². The maximum absolute atomic E-state index is 12.6. The van der Waals surface area contributed by atoms with Gasteiger partial charge in [-0.1, -0.05) is 53.0 Å². The van der Waals surface area contributed by atoms with Gasteiger partial charge in [-0.15, -0.1) is 0 Å². The molecule has 10 heteroatoms. The molecule has 3 rings (SSSR count). The molecule has 6 nitrogen and oxygen atoms in total. The molecular weight excluding hydrogens is 497 g/mol. The van der Waals surface area contributed by atoms with E-state index in [-0.39, 0.29) is 33.4 Å². The van der Waals surface area contributed by atoms with E-state index in [1.165, 1.54) is 6.08 Å². The van der Waals surface area contributed by atoms with Crippen LogP contribution in [0.3, 0.4) is 0 Å². The Labute approximate surface area is 204 Å². The van der Waals surface area contributed by atoms with Crippen molar-refractivity contribution in [3.8, 4) is 5.75 Å². The van der Waals surface area contributed by atoms with Gasteiger partial charge in [0.1, 0.15) is 13.2 Å². The van der Waals surface area contributed by atoms with Crippen LogP contribution in [0.15, 0.2) is 41.3 Å². The topological polar surface area (TPSA) is 72.9 Å². The van der Waals surface area contributed by atoms with Crippen LogP contribution in [-0.4, -0.2) is 34.7 Å². The average Bonchev–Trinajstić information content (AvgIpc) is 2.95. The zero-order chi connectivity index (χ0) is 23.4. The molecule has 0 atom stereocenters. The Bertz CT molecular complexity index is 1080. The van der Waals surface area contributed by atoms with E-state index in [2.05, 4.69) is 0 Å². The van der Waals surface area contributed by atoms with Crippen LogP contribution in [0.2, 0.25) is 15.1 Å². The standard InChI is InChI=1S/C22H18Cl3NO5S/c1-12(2)31-19(27)10-26-21(28)18(32-22(26)29)9-13-7-16(24)20(17(25)8-13)30-11-14-5-3-4-6-15(14)23/h3-9,12H,10-11H2,1-2H3/b18-9+.